The third-order valence-corrected chi connectivity index (χ3v) is 2.21. The minimum atomic E-state index is -1.98. The molecule has 0 nitrogen and oxygen atoms in total. The van der Waals surface area contributed by atoms with Crippen molar-refractivity contribution < 1.29 is 52.5 Å². The van der Waals surface area contributed by atoms with E-state index in [9.17, 15) is 26.3 Å². The van der Waals surface area contributed by atoms with Gasteiger partial charge in [0.05, 0.1) is 24.0 Å². The first-order valence-electron chi connectivity index (χ1n) is 4.85. The zero-order chi connectivity index (χ0) is 14.0. The summed E-state index contributed by atoms with van der Waals surface area (Å²) in [5.41, 5.74) is -0.167. The fraction of sp³-hybridized carbons (Fsp3) is 0.333. The van der Waals surface area contributed by atoms with Crippen LogP contribution in [0.15, 0.2) is 34.5 Å². The first kappa shape index (κ1) is 18.4. The molecule has 0 bridgehead atoms. The summed E-state index contributed by atoms with van der Waals surface area (Å²) in [6.45, 7) is 2.54. The molecule has 0 saturated carbocycles. The number of allylic oxidation sites excluding steroid dienone is 8. The molecule has 19 heavy (non-hydrogen) atoms. The number of halogens is 6. The van der Waals surface area contributed by atoms with E-state index in [1.807, 2.05) is 12.2 Å². The van der Waals surface area contributed by atoms with Crippen molar-refractivity contribution >= 4 is 0 Å². The van der Waals surface area contributed by atoms with Crippen LogP contribution in [0.1, 0.15) is 13.8 Å². The molecule has 0 aliphatic heterocycles. The zero-order valence-electron chi connectivity index (χ0n) is 9.92. The minimum absolute atomic E-state index is 0. The third kappa shape index (κ3) is 4.20. The van der Waals surface area contributed by atoms with E-state index in [1.54, 1.807) is 0 Å². The average Bonchev–Trinajstić information content (AvgIpc) is 2.66. The van der Waals surface area contributed by atoms with Crippen molar-refractivity contribution in [3.63, 3.8) is 0 Å². The van der Waals surface area contributed by atoms with E-state index in [0.29, 0.717) is 0 Å². The summed E-state index contributed by atoms with van der Waals surface area (Å²) in [7, 11) is 0. The fourth-order valence-electron chi connectivity index (χ4n) is 1.21. The Labute approximate surface area is 125 Å². The van der Waals surface area contributed by atoms with Gasteiger partial charge in [0.2, 0.25) is 0 Å². The van der Waals surface area contributed by atoms with Gasteiger partial charge in [0.1, 0.15) is 0 Å². The van der Waals surface area contributed by atoms with E-state index in [0.717, 1.165) is 0 Å². The van der Waals surface area contributed by atoms with Gasteiger partial charge in [-0.15, -0.1) is 0 Å². The number of rotatable bonds is 0. The normalized spacial score (nSPS) is 25.7. The van der Waals surface area contributed by atoms with Gasteiger partial charge < -0.3 is 8.78 Å². The van der Waals surface area contributed by atoms with Gasteiger partial charge in [-0.3, -0.25) is 8.78 Å². The Hall–Kier alpha value is -0.577. The quantitative estimate of drug-likeness (QED) is 0.443. The van der Waals surface area contributed by atoms with Crippen LogP contribution >= 0.6 is 0 Å². The molecule has 0 spiro atoms. The Morgan fingerprint density at radius 1 is 0.737 bits per heavy atom. The smallest absolute Gasteiger partial charge is 0.317 e. The molecule has 102 valence electrons. The van der Waals surface area contributed by atoms with Crippen LogP contribution in [0.3, 0.4) is 0 Å². The van der Waals surface area contributed by atoms with E-state index in [1.165, 1.54) is 13.8 Å². The summed E-state index contributed by atoms with van der Waals surface area (Å²) < 4.78 is 72.3. The maximum absolute atomic E-state index is 12.1. The van der Waals surface area contributed by atoms with Crippen LogP contribution in [0.25, 0.3) is 0 Å². The van der Waals surface area contributed by atoms with E-state index < -0.39 is 35.7 Å². The number of hydrogen-bond donors (Lipinski definition) is 0. The Kier molecular flexibility index (Phi) is 7.05. The molecule has 2 unspecified atom stereocenters. The SMILES string of the molecule is CC1=[C-]C(F)C(F)=C1F.CC1=[C-]C(F)C(F)=C1F.[Zr+2]. The van der Waals surface area contributed by atoms with Gasteiger partial charge >= 0.3 is 26.2 Å². The Bertz CT molecular complexity index is 431. The summed E-state index contributed by atoms with van der Waals surface area (Å²) in [6.07, 6.45) is -0.0787. The molecule has 0 heterocycles. The van der Waals surface area contributed by atoms with E-state index in [-0.39, 0.29) is 37.3 Å². The fourth-order valence-corrected chi connectivity index (χ4v) is 1.21. The molecule has 7 heteroatoms. The summed E-state index contributed by atoms with van der Waals surface area (Å²) in [5, 5.41) is 0. The molecule has 0 amide bonds. The molecular formula is C12H8F6Zr. The Balaban J connectivity index is 0.000000324. The third-order valence-electron chi connectivity index (χ3n) is 2.21. The maximum atomic E-state index is 12.1. The van der Waals surface area contributed by atoms with Gasteiger partial charge in [0, 0.05) is 11.7 Å². The zero-order valence-corrected chi connectivity index (χ0v) is 12.4. The monoisotopic (exact) mass is 356 g/mol. The van der Waals surface area contributed by atoms with Gasteiger partial charge in [-0.1, -0.05) is 13.8 Å². The molecular weight excluding hydrogens is 349 g/mol. The van der Waals surface area contributed by atoms with Crippen LogP contribution < -0.4 is 0 Å². The summed E-state index contributed by atoms with van der Waals surface area (Å²) in [5.74, 6) is -4.93. The van der Waals surface area contributed by atoms with Gasteiger partial charge in [0.25, 0.3) is 0 Å². The van der Waals surface area contributed by atoms with Crippen molar-refractivity contribution in [2.24, 2.45) is 0 Å². The van der Waals surface area contributed by atoms with Gasteiger partial charge in [-0.2, -0.15) is 11.1 Å². The van der Waals surface area contributed by atoms with Crippen molar-refractivity contribution in [2.75, 3.05) is 0 Å². The van der Waals surface area contributed by atoms with Crippen LogP contribution in [0, 0.1) is 12.2 Å². The molecule has 0 aromatic rings. The first-order valence-corrected chi connectivity index (χ1v) is 4.85. The topological polar surface area (TPSA) is 0 Å². The van der Waals surface area contributed by atoms with Crippen molar-refractivity contribution in [2.45, 2.75) is 26.2 Å². The van der Waals surface area contributed by atoms with Crippen LogP contribution in [0.5, 0.6) is 0 Å². The van der Waals surface area contributed by atoms with Crippen LogP contribution in [0.2, 0.25) is 0 Å². The van der Waals surface area contributed by atoms with Crippen LogP contribution in [0.4, 0.5) is 26.3 Å². The predicted molar refractivity (Wildman–Crippen MR) is 53.1 cm³/mol. The van der Waals surface area contributed by atoms with Crippen molar-refractivity contribution in [3.8, 4) is 0 Å². The summed E-state index contributed by atoms with van der Waals surface area (Å²) in [6, 6.07) is 0. The molecule has 0 N–H and O–H groups in total. The molecule has 0 fully saturated rings. The number of alkyl halides is 2. The van der Waals surface area contributed by atoms with Crippen LogP contribution in [-0.4, -0.2) is 12.3 Å². The van der Waals surface area contributed by atoms with Gasteiger partial charge in [0.15, 0.2) is 0 Å². The summed E-state index contributed by atoms with van der Waals surface area (Å²) in [4.78, 5) is 0. The maximum Gasteiger partial charge on any atom is 2.00 e. The first-order chi connectivity index (χ1) is 8.25. The second-order valence-electron chi connectivity index (χ2n) is 3.59. The van der Waals surface area contributed by atoms with Gasteiger partial charge in [-0.05, 0) is 0 Å². The predicted octanol–water partition coefficient (Wildman–Crippen LogP) is 4.47. The molecule has 2 rings (SSSR count). The van der Waals surface area contributed by atoms with E-state index >= 15 is 0 Å². The molecule has 0 radical (unpaired) electrons. The second-order valence-corrected chi connectivity index (χ2v) is 3.59. The molecule has 0 aromatic carbocycles. The molecule has 2 atom stereocenters. The minimum Gasteiger partial charge on any atom is -0.317 e. The Morgan fingerprint density at radius 3 is 1.05 bits per heavy atom. The second kappa shape index (κ2) is 7.27. The van der Waals surface area contributed by atoms with Crippen molar-refractivity contribution in [3.05, 3.63) is 46.6 Å². The van der Waals surface area contributed by atoms with Crippen LogP contribution in [-0.2, 0) is 26.2 Å². The van der Waals surface area contributed by atoms with E-state index in [4.69, 9.17) is 0 Å². The van der Waals surface area contributed by atoms with Gasteiger partial charge in [-0.25, -0.2) is 20.9 Å². The average molecular weight is 357 g/mol. The molecule has 2 aliphatic rings. The number of hydrogen-bond acceptors (Lipinski definition) is 0. The molecule has 0 aromatic heterocycles. The van der Waals surface area contributed by atoms with Crippen molar-refractivity contribution in [1.82, 2.24) is 0 Å². The van der Waals surface area contributed by atoms with E-state index in [2.05, 4.69) is 0 Å². The molecule has 0 saturated heterocycles. The van der Waals surface area contributed by atoms with Crippen molar-refractivity contribution in [1.29, 1.82) is 0 Å². The largest absolute Gasteiger partial charge is 2.00 e. The standard InChI is InChI=1S/2C6H4F3.Zr/c2*1-3-2-4(7)6(9)5(3)8;/h2*4H,1H3;/q2*-1;+2. The summed E-state index contributed by atoms with van der Waals surface area (Å²) >= 11 is 0. The molecule has 2 aliphatic carbocycles. The Morgan fingerprint density at radius 2 is 1.00 bits per heavy atom.